The molecule has 1 atom stereocenters. The van der Waals surface area contributed by atoms with Crippen molar-refractivity contribution in [1.29, 1.82) is 0 Å². The van der Waals surface area contributed by atoms with Gasteiger partial charge in [0.25, 0.3) is 0 Å². The van der Waals surface area contributed by atoms with Crippen LogP contribution in [0.5, 0.6) is 0 Å². The molecule has 0 aliphatic heterocycles. The molecule has 31 heavy (non-hydrogen) atoms. The Labute approximate surface area is 178 Å². The third kappa shape index (κ3) is 3.32. The topological polar surface area (TPSA) is 72.4 Å². The first-order valence-electron chi connectivity index (χ1n) is 10.2. The summed E-state index contributed by atoms with van der Waals surface area (Å²) in [6.07, 6.45) is 6.00. The highest BCUT2D eigenvalue weighted by atomic mass is 19.1. The summed E-state index contributed by atoms with van der Waals surface area (Å²) >= 11 is 0. The van der Waals surface area contributed by atoms with Gasteiger partial charge < -0.3 is 9.51 Å². The van der Waals surface area contributed by atoms with Gasteiger partial charge in [0.2, 0.25) is 0 Å². The summed E-state index contributed by atoms with van der Waals surface area (Å²) in [7, 11) is 0. The van der Waals surface area contributed by atoms with E-state index in [1.807, 2.05) is 29.1 Å². The third-order valence-corrected chi connectivity index (χ3v) is 6.08. The average Bonchev–Trinajstić information content (AvgIpc) is 3.37. The second-order valence-corrected chi connectivity index (χ2v) is 7.88. The molecule has 0 fully saturated rings. The van der Waals surface area contributed by atoms with E-state index in [4.69, 9.17) is 0 Å². The zero-order valence-corrected chi connectivity index (χ0v) is 16.8. The fourth-order valence-electron chi connectivity index (χ4n) is 4.64. The molecule has 0 bridgehead atoms. The molecule has 0 radical (unpaired) electrons. The third-order valence-electron chi connectivity index (χ3n) is 6.08. The maximum Gasteiger partial charge on any atom is 0.307 e. The summed E-state index contributed by atoms with van der Waals surface area (Å²) in [6, 6.07) is 12.2. The highest BCUT2D eigenvalue weighted by Gasteiger charge is 2.29. The van der Waals surface area contributed by atoms with Gasteiger partial charge in [0, 0.05) is 29.4 Å². The highest BCUT2D eigenvalue weighted by Crippen LogP contribution is 2.36. The van der Waals surface area contributed by atoms with Gasteiger partial charge in [0.15, 0.2) is 0 Å². The number of halogens is 1. The second kappa shape index (κ2) is 7.50. The maximum atomic E-state index is 13.3. The van der Waals surface area contributed by atoms with Crippen LogP contribution in [0, 0.1) is 5.82 Å². The number of fused-ring (bicyclic) bond motifs is 3. The number of hydrogen-bond donors (Lipinski definition) is 1. The quantitative estimate of drug-likeness (QED) is 0.532. The van der Waals surface area contributed by atoms with Crippen LogP contribution >= 0.6 is 0 Å². The van der Waals surface area contributed by atoms with Crippen molar-refractivity contribution in [2.45, 2.75) is 31.7 Å². The summed E-state index contributed by atoms with van der Waals surface area (Å²) in [6.45, 7) is 4.19. The van der Waals surface area contributed by atoms with Gasteiger partial charge in [-0.2, -0.15) is 0 Å². The molecular formula is C24H21FN4O2. The summed E-state index contributed by atoms with van der Waals surface area (Å²) in [5.74, 6) is -1.12. The molecule has 0 saturated carbocycles. The fraction of sp³-hybridized carbons (Fsp3) is 0.208. The predicted octanol–water partition coefficient (Wildman–Crippen LogP) is 4.09. The van der Waals surface area contributed by atoms with Crippen LogP contribution in [0.15, 0.2) is 61.4 Å². The molecule has 1 aromatic carbocycles. The van der Waals surface area contributed by atoms with Crippen LogP contribution in [0.2, 0.25) is 0 Å². The monoisotopic (exact) mass is 416 g/mol. The van der Waals surface area contributed by atoms with Crippen LogP contribution in [-0.2, 0) is 24.1 Å². The van der Waals surface area contributed by atoms with Crippen LogP contribution in [-0.4, -0.2) is 30.5 Å². The van der Waals surface area contributed by atoms with Gasteiger partial charge in [-0.05, 0) is 53.8 Å². The van der Waals surface area contributed by atoms with Crippen LogP contribution in [0.25, 0.3) is 11.1 Å². The van der Waals surface area contributed by atoms with Crippen molar-refractivity contribution < 1.29 is 14.3 Å². The molecule has 0 amide bonds. The second-order valence-electron chi connectivity index (χ2n) is 7.88. The lowest BCUT2D eigenvalue weighted by Gasteiger charge is -2.25. The van der Waals surface area contributed by atoms with Gasteiger partial charge in [0.05, 0.1) is 24.4 Å². The number of pyridine rings is 1. The molecule has 4 aromatic rings. The lowest BCUT2D eigenvalue weighted by Crippen LogP contribution is -2.22. The minimum atomic E-state index is -0.824. The normalized spacial score (nSPS) is 15.7. The first kappa shape index (κ1) is 19.2. The number of carboxylic acid groups (broad SMARTS) is 1. The zero-order valence-electron chi connectivity index (χ0n) is 16.8. The number of aliphatic carboxylic acids is 1. The van der Waals surface area contributed by atoms with E-state index in [0.717, 1.165) is 52.0 Å². The molecule has 1 aliphatic carbocycles. The summed E-state index contributed by atoms with van der Waals surface area (Å²) in [5.41, 5.74) is 6.45. The first-order valence-corrected chi connectivity index (χ1v) is 10.2. The molecular weight excluding hydrogens is 395 g/mol. The number of carbonyl (C=O) groups is 1. The van der Waals surface area contributed by atoms with Gasteiger partial charge in [-0.3, -0.25) is 4.79 Å². The molecule has 156 valence electrons. The van der Waals surface area contributed by atoms with E-state index in [1.165, 1.54) is 12.1 Å². The summed E-state index contributed by atoms with van der Waals surface area (Å²) < 4.78 is 17.3. The van der Waals surface area contributed by atoms with Crippen LogP contribution < -0.4 is 0 Å². The minimum absolute atomic E-state index is 0.0173. The lowest BCUT2D eigenvalue weighted by molar-refractivity contribution is -0.136. The zero-order chi connectivity index (χ0) is 21.5. The van der Waals surface area contributed by atoms with Crippen LogP contribution in [0.1, 0.15) is 40.5 Å². The number of nitrogens with zero attached hydrogens (tertiary/aromatic N) is 4. The van der Waals surface area contributed by atoms with Crippen molar-refractivity contribution in [2.24, 2.45) is 0 Å². The first-order chi connectivity index (χ1) is 15.0. The predicted molar refractivity (Wildman–Crippen MR) is 114 cm³/mol. The van der Waals surface area contributed by atoms with Crippen molar-refractivity contribution in [1.82, 2.24) is 19.4 Å². The maximum absolute atomic E-state index is 13.3. The van der Waals surface area contributed by atoms with E-state index < -0.39 is 5.97 Å². The largest absolute Gasteiger partial charge is 0.481 e. The van der Waals surface area contributed by atoms with Crippen molar-refractivity contribution in [3.8, 4) is 0 Å². The number of rotatable bonds is 5. The average molecular weight is 416 g/mol. The summed E-state index contributed by atoms with van der Waals surface area (Å²) in [4.78, 5) is 11.5. The van der Waals surface area contributed by atoms with Gasteiger partial charge in [-0.1, -0.05) is 30.0 Å². The Morgan fingerprint density at radius 3 is 2.81 bits per heavy atom. The molecule has 3 heterocycles. The highest BCUT2D eigenvalue weighted by molar-refractivity contribution is 5.77. The van der Waals surface area contributed by atoms with Crippen LogP contribution in [0.3, 0.4) is 0 Å². The number of aromatic nitrogens is 4. The minimum Gasteiger partial charge on any atom is -0.481 e. The Morgan fingerprint density at radius 1 is 1.23 bits per heavy atom. The molecule has 3 aromatic heterocycles. The molecule has 6 nitrogen and oxygen atoms in total. The van der Waals surface area contributed by atoms with E-state index in [-0.39, 0.29) is 18.3 Å². The van der Waals surface area contributed by atoms with Crippen molar-refractivity contribution in [3.05, 3.63) is 95.3 Å². The van der Waals surface area contributed by atoms with Gasteiger partial charge in [0.1, 0.15) is 5.82 Å². The van der Waals surface area contributed by atoms with Gasteiger partial charge in [-0.15, -0.1) is 5.10 Å². The lowest BCUT2D eigenvalue weighted by atomic mass is 9.90. The molecule has 1 aliphatic rings. The SMILES string of the molecule is C=C(c1ccc(F)cc1)c1cnnn1C1CCc2c(CC(=O)O)c3ccccn3c2C1. The van der Waals surface area contributed by atoms with Crippen molar-refractivity contribution in [2.75, 3.05) is 0 Å². The molecule has 7 heteroatoms. The van der Waals surface area contributed by atoms with E-state index in [2.05, 4.69) is 21.3 Å². The molecule has 0 spiro atoms. The Bertz CT molecular complexity index is 1300. The molecule has 0 saturated heterocycles. The Balaban J connectivity index is 1.51. The van der Waals surface area contributed by atoms with Crippen molar-refractivity contribution >= 4 is 17.1 Å². The Morgan fingerprint density at radius 2 is 2.03 bits per heavy atom. The standard InChI is InChI=1S/C24H21FN4O2/c1-15(16-5-7-17(25)8-6-16)23-14-26-27-29(23)18-9-10-19-20(13-24(30)31)21-4-2-3-11-28(21)22(19)12-18/h2-8,11,14,18H,1,9-10,12-13H2,(H,30,31). The number of benzene rings is 1. The number of hydrogen-bond acceptors (Lipinski definition) is 3. The Kier molecular flexibility index (Phi) is 4.66. The van der Waals surface area contributed by atoms with E-state index >= 15 is 0 Å². The van der Waals surface area contributed by atoms with E-state index in [9.17, 15) is 14.3 Å². The van der Waals surface area contributed by atoms with Gasteiger partial charge >= 0.3 is 5.97 Å². The molecule has 1 N–H and O–H groups in total. The smallest absolute Gasteiger partial charge is 0.307 e. The van der Waals surface area contributed by atoms with Crippen LogP contribution in [0.4, 0.5) is 4.39 Å². The number of carboxylic acids is 1. The van der Waals surface area contributed by atoms with Crippen molar-refractivity contribution in [3.63, 3.8) is 0 Å². The Hall–Kier alpha value is -3.74. The van der Waals surface area contributed by atoms with E-state index in [1.54, 1.807) is 18.3 Å². The van der Waals surface area contributed by atoms with E-state index in [0.29, 0.717) is 6.42 Å². The van der Waals surface area contributed by atoms with Gasteiger partial charge in [-0.25, -0.2) is 9.07 Å². The molecule has 5 rings (SSSR count). The molecule has 1 unspecified atom stereocenters. The summed E-state index contributed by atoms with van der Waals surface area (Å²) in [5, 5.41) is 17.9. The fourth-order valence-corrected chi connectivity index (χ4v) is 4.64.